The summed E-state index contributed by atoms with van der Waals surface area (Å²) >= 11 is 0. The Morgan fingerprint density at radius 3 is 2.73 bits per heavy atom. The molecule has 1 saturated carbocycles. The molecule has 2 fully saturated rings. The van der Waals surface area contributed by atoms with Crippen LogP contribution in [-0.4, -0.2) is 35.8 Å². The Hall–Kier alpha value is -1.88. The van der Waals surface area contributed by atoms with Gasteiger partial charge in [0.2, 0.25) is 11.8 Å². The highest BCUT2D eigenvalue weighted by atomic mass is 16.2. The van der Waals surface area contributed by atoms with Gasteiger partial charge in [-0.25, -0.2) is 0 Å². The van der Waals surface area contributed by atoms with Crippen molar-refractivity contribution in [2.45, 2.75) is 31.8 Å². The monoisotopic (exact) mass is 301 g/mol. The SMILES string of the molecule is NC(CNC(=O)C1CC(=O)N(Cc2ccccc2)C1)C1CC1. The molecule has 5 nitrogen and oxygen atoms in total. The lowest BCUT2D eigenvalue weighted by Gasteiger charge is -2.17. The number of nitrogens with one attached hydrogen (secondary N) is 1. The molecule has 1 aromatic rings. The van der Waals surface area contributed by atoms with Crippen molar-refractivity contribution in [1.82, 2.24) is 10.2 Å². The molecule has 0 bridgehead atoms. The minimum Gasteiger partial charge on any atom is -0.354 e. The van der Waals surface area contributed by atoms with Crippen LogP contribution in [0, 0.1) is 11.8 Å². The smallest absolute Gasteiger partial charge is 0.225 e. The van der Waals surface area contributed by atoms with Crippen molar-refractivity contribution in [3.63, 3.8) is 0 Å². The number of rotatable bonds is 6. The van der Waals surface area contributed by atoms with E-state index in [0.717, 1.165) is 5.56 Å². The lowest BCUT2D eigenvalue weighted by molar-refractivity contribution is -0.129. The Bertz CT molecular complexity index is 542. The van der Waals surface area contributed by atoms with E-state index in [2.05, 4.69) is 5.32 Å². The number of hydrogen-bond donors (Lipinski definition) is 2. The first-order valence-corrected chi connectivity index (χ1v) is 7.98. The third-order valence-electron chi connectivity index (χ3n) is 4.54. The van der Waals surface area contributed by atoms with Crippen LogP contribution in [0.1, 0.15) is 24.8 Å². The highest BCUT2D eigenvalue weighted by molar-refractivity contribution is 5.89. The molecule has 3 N–H and O–H groups in total. The number of benzene rings is 1. The average molecular weight is 301 g/mol. The van der Waals surface area contributed by atoms with Crippen LogP contribution in [0.2, 0.25) is 0 Å². The van der Waals surface area contributed by atoms with Gasteiger partial charge in [0.15, 0.2) is 0 Å². The van der Waals surface area contributed by atoms with E-state index in [0.29, 0.717) is 32.0 Å². The topological polar surface area (TPSA) is 75.4 Å². The number of hydrogen-bond acceptors (Lipinski definition) is 3. The van der Waals surface area contributed by atoms with Crippen LogP contribution in [0.4, 0.5) is 0 Å². The van der Waals surface area contributed by atoms with Crippen LogP contribution in [0.15, 0.2) is 30.3 Å². The molecule has 1 aliphatic carbocycles. The summed E-state index contributed by atoms with van der Waals surface area (Å²) < 4.78 is 0. The predicted octanol–water partition coefficient (Wildman–Crippen LogP) is 0.889. The first kappa shape index (κ1) is 15.0. The van der Waals surface area contributed by atoms with Crippen molar-refractivity contribution in [3.05, 3.63) is 35.9 Å². The van der Waals surface area contributed by atoms with Crippen LogP contribution in [0.25, 0.3) is 0 Å². The van der Waals surface area contributed by atoms with E-state index in [-0.39, 0.29) is 23.8 Å². The fourth-order valence-corrected chi connectivity index (χ4v) is 2.96. The average Bonchev–Trinajstić information content (AvgIpc) is 3.31. The summed E-state index contributed by atoms with van der Waals surface area (Å²) in [5, 5.41) is 2.91. The van der Waals surface area contributed by atoms with Gasteiger partial charge < -0.3 is 16.0 Å². The Kier molecular flexibility index (Phi) is 4.43. The number of amides is 2. The quantitative estimate of drug-likeness (QED) is 0.819. The zero-order valence-electron chi connectivity index (χ0n) is 12.7. The summed E-state index contributed by atoms with van der Waals surface area (Å²) in [6, 6.07) is 9.92. The number of carbonyl (C=O) groups is 2. The van der Waals surface area contributed by atoms with Gasteiger partial charge in [0.25, 0.3) is 0 Å². The lowest BCUT2D eigenvalue weighted by Crippen LogP contribution is -2.41. The molecule has 1 saturated heterocycles. The van der Waals surface area contributed by atoms with Gasteiger partial charge >= 0.3 is 0 Å². The zero-order chi connectivity index (χ0) is 15.5. The van der Waals surface area contributed by atoms with Gasteiger partial charge in [0.05, 0.1) is 5.92 Å². The molecule has 1 aliphatic heterocycles. The maximum Gasteiger partial charge on any atom is 0.225 e. The Morgan fingerprint density at radius 2 is 2.05 bits per heavy atom. The molecule has 22 heavy (non-hydrogen) atoms. The summed E-state index contributed by atoms with van der Waals surface area (Å²) in [5.41, 5.74) is 7.08. The van der Waals surface area contributed by atoms with Crippen molar-refractivity contribution in [2.24, 2.45) is 17.6 Å². The largest absolute Gasteiger partial charge is 0.354 e. The van der Waals surface area contributed by atoms with E-state index in [1.54, 1.807) is 4.90 Å². The molecule has 0 spiro atoms. The predicted molar refractivity (Wildman–Crippen MR) is 83.7 cm³/mol. The molecule has 118 valence electrons. The van der Waals surface area contributed by atoms with Gasteiger partial charge in [-0.3, -0.25) is 9.59 Å². The van der Waals surface area contributed by atoms with Gasteiger partial charge in [-0.05, 0) is 24.3 Å². The molecule has 2 aliphatic rings. The maximum atomic E-state index is 12.2. The van der Waals surface area contributed by atoms with Crippen molar-refractivity contribution in [1.29, 1.82) is 0 Å². The molecule has 0 aromatic heterocycles. The van der Waals surface area contributed by atoms with Gasteiger partial charge in [0, 0.05) is 32.1 Å². The van der Waals surface area contributed by atoms with Crippen molar-refractivity contribution < 1.29 is 9.59 Å². The van der Waals surface area contributed by atoms with Crippen molar-refractivity contribution >= 4 is 11.8 Å². The van der Waals surface area contributed by atoms with E-state index < -0.39 is 0 Å². The highest BCUT2D eigenvalue weighted by Crippen LogP contribution is 2.31. The minimum absolute atomic E-state index is 0.0417. The Morgan fingerprint density at radius 1 is 1.32 bits per heavy atom. The number of carbonyl (C=O) groups excluding carboxylic acids is 2. The number of nitrogens with zero attached hydrogens (tertiary/aromatic N) is 1. The summed E-state index contributed by atoms with van der Waals surface area (Å²) in [6.07, 6.45) is 2.64. The molecule has 2 unspecified atom stereocenters. The molecule has 2 atom stereocenters. The fourth-order valence-electron chi connectivity index (χ4n) is 2.96. The fraction of sp³-hybridized carbons (Fsp3) is 0.529. The van der Waals surface area contributed by atoms with Gasteiger partial charge in [-0.15, -0.1) is 0 Å². The second-order valence-electron chi connectivity index (χ2n) is 6.41. The maximum absolute atomic E-state index is 12.2. The molecule has 5 heteroatoms. The normalized spacial score (nSPS) is 22.7. The van der Waals surface area contributed by atoms with Crippen LogP contribution < -0.4 is 11.1 Å². The van der Waals surface area contributed by atoms with Crippen molar-refractivity contribution in [2.75, 3.05) is 13.1 Å². The first-order valence-electron chi connectivity index (χ1n) is 7.98. The third kappa shape index (κ3) is 3.65. The van der Waals surface area contributed by atoms with Gasteiger partial charge in [-0.1, -0.05) is 30.3 Å². The summed E-state index contributed by atoms with van der Waals surface area (Å²) in [5.74, 6) is 0.332. The molecule has 3 rings (SSSR count). The summed E-state index contributed by atoms with van der Waals surface area (Å²) in [4.78, 5) is 26.0. The van der Waals surface area contributed by atoms with Gasteiger partial charge in [-0.2, -0.15) is 0 Å². The highest BCUT2D eigenvalue weighted by Gasteiger charge is 2.35. The van der Waals surface area contributed by atoms with E-state index in [9.17, 15) is 9.59 Å². The van der Waals surface area contributed by atoms with Crippen LogP contribution in [0.3, 0.4) is 0 Å². The van der Waals surface area contributed by atoms with Crippen LogP contribution in [0.5, 0.6) is 0 Å². The standard InChI is InChI=1S/C17H23N3O2/c18-15(13-6-7-13)9-19-17(22)14-8-16(21)20(11-14)10-12-4-2-1-3-5-12/h1-5,13-15H,6-11,18H2,(H,19,22). The van der Waals surface area contributed by atoms with Crippen molar-refractivity contribution in [3.8, 4) is 0 Å². The molecule has 1 aromatic carbocycles. The molecular formula is C17H23N3O2. The molecule has 2 amide bonds. The molecular weight excluding hydrogens is 278 g/mol. The summed E-state index contributed by atoms with van der Waals surface area (Å²) in [7, 11) is 0. The van der Waals surface area contributed by atoms with E-state index in [4.69, 9.17) is 5.73 Å². The van der Waals surface area contributed by atoms with Gasteiger partial charge in [0.1, 0.15) is 0 Å². The zero-order valence-corrected chi connectivity index (χ0v) is 12.7. The molecule has 1 heterocycles. The number of nitrogens with two attached hydrogens (primary N) is 1. The Balaban J connectivity index is 1.49. The molecule has 0 radical (unpaired) electrons. The Labute approximate surface area is 130 Å². The van der Waals surface area contributed by atoms with E-state index >= 15 is 0 Å². The van der Waals surface area contributed by atoms with Crippen LogP contribution in [-0.2, 0) is 16.1 Å². The second kappa shape index (κ2) is 6.48. The lowest BCUT2D eigenvalue weighted by atomic mass is 10.1. The minimum atomic E-state index is -0.248. The van der Waals surface area contributed by atoms with E-state index in [1.807, 2.05) is 30.3 Å². The third-order valence-corrected chi connectivity index (χ3v) is 4.54. The first-order chi connectivity index (χ1) is 10.6. The second-order valence-corrected chi connectivity index (χ2v) is 6.41. The number of likely N-dealkylation sites (tertiary alicyclic amines) is 1. The van der Waals surface area contributed by atoms with Crippen LogP contribution >= 0.6 is 0 Å². The van der Waals surface area contributed by atoms with E-state index in [1.165, 1.54) is 12.8 Å². The summed E-state index contributed by atoms with van der Waals surface area (Å²) in [6.45, 7) is 1.59.